The molecule has 27 heavy (non-hydrogen) atoms. The minimum atomic E-state index is -0.783. The summed E-state index contributed by atoms with van der Waals surface area (Å²) in [5.74, 6) is 0.247. The first-order chi connectivity index (χ1) is 12.8. The number of nitrogens with zero attached hydrogens (tertiary/aromatic N) is 1. The Bertz CT molecular complexity index is 815. The summed E-state index contributed by atoms with van der Waals surface area (Å²) >= 11 is 0. The first-order valence-corrected chi connectivity index (χ1v) is 9.19. The molecule has 2 aromatic carbocycles. The number of benzene rings is 2. The van der Waals surface area contributed by atoms with Crippen molar-refractivity contribution in [2.45, 2.75) is 57.9 Å². The second kappa shape index (κ2) is 7.66. The monoisotopic (exact) mass is 370 g/mol. The Hall–Kier alpha value is -2.44. The molecule has 3 rings (SSSR count). The average Bonchev–Trinajstić information content (AvgIpc) is 2.61. The van der Waals surface area contributed by atoms with Crippen LogP contribution < -0.4 is 10.1 Å². The number of nitrogens with one attached hydrogen (secondary N) is 1. The SMILES string of the molecule is CC(C)(C)NC1CCc2c(ccc(OCc3ccccc3)c2[N+](=O)[O-])C1O. The molecule has 2 N–H and O–H groups in total. The second-order valence-electron chi connectivity index (χ2n) is 8.00. The van der Waals surface area contributed by atoms with Gasteiger partial charge in [-0.1, -0.05) is 36.4 Å². The Balaban J connectivity index is 1.88. The Kier molecular flexibility index (Phi) is 5.48. The molecule has 6 heteroatoms. The fourth-order valence-corrected chi connectivity index (χ4v) is 3.60. The second-order valence-corrected chi connectivity index (χ2v) is 8.00. The van der Waals surface area contributed by atoms with E-state index in [0.29, 0.717) is 24.0 Å². The van der Waals surface area contributed by atoms with Crippen molar-refractivity contribution in [3.8, 4) is 5.75 Å². The number of fused-ring (bicyclic) bond motifs is 1. The minimum Gasteiger partial charge on any atom is -0.482 e. The van der Waals surface area contributed by atoms with Crippen LogP contribution in [0.5, 0.6) is 5.75 Å². The number of hydrogen-bond donors (Lipinski definition) is 2. The van der Waals surface area contributed by atoms with Crippen LogP contribution in [0.25, 0.3) is 0 Å². The summed E-state index contributed by atoms with van der Waals surface area (Å²) in [5, 5.41) is 25.9. The number of nitro groups is 1. The molecule has 0 saturated carbocycles. The molecule has 2 aromatic rings. The lowest BCUT2D eigenvalue weighted by Crippen LogP contribution is -2.48. The summed E-state index contributed by atoms with van der Waals surface area (Å²) < 4.78 is 5.75. The molecule has 0 radical (unpaired) electrons. The average molecular weight is 370 g/mol. The third kappa shape index (κ3) is 4.46. The molecule has 0 aromatic heterocycles. The van der Waals surface area contributed by atoms with Crippen molar-refractivity contribution in [3.63, 3.8) is 0 Å². The lowest BCUT2D eigenvalue weighted by atomic mass is 9.83. The molecule has 6 nitrogen and oxygen atoms in total. The zero-order valence-corrected chi connectivity index (χ0v) is 15.9. The van der Waals surface area contributed by atoms with Crippen LogP contribution in [-0.4, -0.2) is 21.6 Å². The molecule has 1 aliphatic carbocycles. The van der Waals surface area contributed by atoms with Gasteiger partial charge in [0, 0.05) is 17.1 Å². The number of aliphatic hydroxyl groups is 1. The van der Waals surface area contributed by atoms with Crippen molar-refractivity contribution >= 4 is 5.69 Å². The molecule has 0 aliphatic heterocycles. The van der Waals surface area contributed by atoms with E-state index in [1.807, 2.05) is 51.1 Å². The van der Waals surface area contributed by atoms with Gasteiger partial charge in [0.15, 0.2) is 5.75 Å². The van der Waals surface area contributed by atoms with Gasteiger partial charge in [-0.3, -0.25) is 10.1 Å². The van der Waals surface area contributed by atoms with Gasteiger partial charge in [0.25, 0.3) is 0 Å². The molecule has 0 heterocycles. The highest BCUT2D eigenvalue weighted by molar-refractivity contribution is 5.58. The van der Waals surface area contributed by atoms with Gasteiger partial charge in [-0.05, 0) is 50.8 Å². The van der Waals surface area contributed by atoms with Gasteiger partial charge in [0.05, 0.1) is 11.0 Å². The molecular formula is C21H26N2O4. The summed E-state index contributed by atoms with van der Waals surface area (Å²) in [6, 6.07) is 12.8. The van der Waals surface area contributed by atoms with Gasteiger partial charge in [0.2, 0.25) is 0 Å². The summed E-state index contributed by atoms with van der Waals surface area (Å²) in [6.07, 6.45) is 0.378. The minimum absolute atomic E-state index is 0.0308. The number of aliphatic hydroxyl groups excluding tert-OH is 1. The van der Waals surface area contributed by atoms with E-state index in [4.69, 9.17) is 4.74 Å². The third-order valence-electron chi connectivity index (χ3n) is 4.73. The van der Waals surface area contributed by atoms with Crippen molar-refractivity contribution in [3.05, 3.63) is 69.3 Å². The van der Waals surface area contributed by atoms with Crippen LogP contribution in [0.3, 0.4) is 0 Å². The molecule has 2 atom stereocenters. The Morgan fingerprint density at radius 3 is 2.56 bits per heavy atom. The fourth-order valence-electron chi connectivity index (χ4n) is 3.60. The summed E-state index contributed by atoms with van der Waals surface area (Å²) in [7, 11) is 0. The van der Waals surface area contributed by atoms with E-state index >= 15 is 0 Å². The Morgan fingerprint density at radius 1 is 1.22 bits per heavy atom. The van der Waals surface area contributed by atoms with Crippen LogP contribution in [0, 0.1) is 10.1 Å². The van der Waals surface area contributed by atoms with E-state index in [2.05, 4.69) is 5.32 Å². The van der Waals surface area contributed by atoms with Crippen molar-refractivity contribution < 1.29 is 14.8 Å². The highest BCUT2D eigenvalue weighted by atomic mass is 16.6. The van der Waals surface area contributed by atoms with Gasteiger partial charge in [-0.15, -0.1) is 0 Å². The van der Waals surface area contributed by atoms with Crippen LogP contribution >= 0.6 is 0 Å². The standard InChI is InChI=1S/C21H26N2O4/c1-21(2,3)22-17-11-9-15-16(20(17)24)10-12-18(19(15)23(25)26)27-13-14-7-5-4-6-8-14/h4-8,10,12,17,20,22,24H,9,11,13H2,1-3H3. The number of rotatable bonds is 5. The predicted molar refractivity (Wildman–Crippen MR) is 104 cm³/mol. The van der Waals surface area contributed by atoms with E-state index in [1.165, 1.54) is 0 Å². The lowest BCUT2D eigenvalue weighted by molar-refractivity contribution is -0.386. The van der Waals surface area contributed by atoms with Crippen LogP contribution in [0.4, 0.5) is 5.69 Å². The molecule has 2 unspecified atom stereocenters. The Labute approximate surface area is 159 Å². The number of nitro benzene ring substituents is 1. The Morgan fingerprint density at radius 2 is 1.93 bits per heavy atom. The van der Waals surface area contributed by atoms with Crippen LogP contribution in [0.2, 0.25) is 0 Å². The normalized spacial score (nSPS) is 19.4. The maximum atomic E-state index is 11.8. The molecule has 0 amide bonds. The summed E-state index contributed by atoms with van der Waals surface area (Å²) in [4.78, 5) is 11.4. The number of hydrogen-bond acceptors (Lipinski definition) is 5. The van der Waals surface area contributed by atoms with Crippen molar-refractivity contribution in [1.82, 2.24) is 5.32 Å². The van der Waals surface area contributed by atoms with Crippen molar-refractivity contribution in [1.29, 1.82) is 0 Å². The molecule has 1 aliphatic rings. The van der Waals surface area contributed by atoms with Gasteiger partial charge in [-0.2, -0.15) is 0 Å². The zero-order chi connectivity index (χ0) is 19.6. The zero-order valence-electron chi connectivity index (χ0n) is 15.9. The summed E-state index contributed by atoms with van der Waals surface area (Å²) in [5.41, 5.74) is 1.95. The molecule has 0 spiro atoms. The van der Waals surface area contributed by atoms with Gasteiger partial charge in [0.1, 0.15) is 6.61 Å². The maximum absolute atomic E-state index is 11.8. The fraction of sp³-hybridized carbons (Fsp3) is 0.429. The van der Waals surface area contributed by atoms with E-state index in [1.54, 1.807) is 12.1 Å². The molecule has 144 valence electrons. The highest BCUT2D eigenvalue weighted by Crippen LogP contribution is 2.41. The van der Waals surface area contributed by atoms with E-state index in [-0.39, 0.29) is 29.6 Å². The lowest BCUT2D eigenvalue weighted by Gasteiger charge is -2.35. The topological polar surface area (TPSA) is 84.6 Å². The largest absolute Gasteiger partial charge is 0.482 e. The molecule has 0 fully saturated rings. The molecule has 0 bridgehead atoms. The van der Waals surface area contributed by atoms with Crippen LogP contribution in [0.1, 0.15) is 50.0 Å². The first-order valence-electron chi connectivity index (χ1n) is 9.19. The molecule has 0 saturated heterocycles. The van der Waals surface area contributed by atoms with Crippen molar-refractivity contribution in [2.75, 3.05) is 0 Å². The summed E-state index contributed by atoms with van der Waals surface area (Å²) in [6.45, 7) is 6.38. The van der Waals surface area contributed by atoms with Gasteiger partial charge >= 0.3 is 5.69 Å². The van der Waals surface area contributed by atoms with Crippen molar-refractivity contribution in [2.24, 2.45) is 0 Å². The van der Waals surface area contributed by atoms with E-state index in [0.717, 1.165) is 5.56 Å². The van der Waals surface area contributed by atoms with Gasteiger partial charge < -0.3 is 15.2 Å². The number of ether oxygens (including phenoxy) is 1. The van der Waals surface area contributed by atoms with Crippen LogP contribution in [0.15, 0.2) is 42.5 Å². The van der Waals surface area contributed by atoms with Gasteiger partial charge in [-0.25, -0.2) is 0 Å². The first kappa shape index (κ1) is 19.3. The highest BCUT2D eigenvalue weighted by Gasteiger charge is 2.36. The smallest absolute Gasteiger partial charge is 0.314 e. The predicted octanol–water partition coefficient (Wildman–Crippen LogP) is 3.91. The van der Waals surface area contributed by atoms with E-state index in [9.17, 15) is 15.2 Å². The quantitative estimate of drug-likeness (QED) is 0.616. The molecular weight excluding hydrogens is 344 g/mol. The third-order valence-corrected chi connectivity index (χ3v) is 4.73. The van der Waals surface area contributed by atoms with E-state index < -0.39 is 11.0 Å². The van der Waals surface area contributed by atoms with Crippen LogP contribution in [-0.2, 0) is 13.0 Å². The maximum Gasteiger partial charge on any atom is 0.314 e.